The zero-order valence-corrected chi connectivity index (χ0v) is 14.0. The van der Waals surface area contributed by atoms with Gasteiger partial charge in [-0.2, -0.15) is 0 Å². The Morgan fingerprint density at radius 1 is 1.16 bits per heavy atom. The Balaban J connectivity index is 2.45. The van der Waals surface area contributed by atoms with E-state index >= 15 is 0 Å². The van der Waals surface area contributed by atoms with Crippen molar-refractivity contribution in [3.05, 3.63) is 0 Å². The molecule has 1 saturated carbocycles. The molecule has 1 fully saturated rings. The molecule has 1 unspecified atom stereocenters. The molecule has 0 aromatic rings. The molecule has 1 atom stereocenters. The molecular weight excluding hydrogens is 234 g/mol. The number of likely N-dealkylation sites (N-methyl/N-ethyl adjacent to an activating group) is 2. The number of nitrogens with one attached hydrogen (secondary N) is 1. The van der Waals surface area contributed by atoms with E-state index in [1.807, 2.05) is 0 Å². The van der Waals surface area contributed by atoms with Gasteiger partial charge in [0.2, 0.25) is 0 Å². The van der Waals surface area contributed by atoms with Gasteiger partial charge in [0.25, 0.3) is 0 Å². The highest BCUT2D eigenvalue weighted by molar-refractivity contribution is 4.98. The molecule has 0 saturated heterocycles. The average Bonchev–Trinajstić information content (AvgIpc) is 2.28. The lowest BCUT2D eigenvalue weighted by molar-refractivity contribution is 0.0243. The smallest absolute Gasteiger partial charge is 0.0330 e. The van der Waals surface area contributed by atoms with Gasteiger partial charge in [-0.1, -0.05) is 20.8 Å². The second-order valence-electron chi connectivity index (χ2n) is 6.97. The molecule has 0 aromatic carbocycles. The lowest BCUT2D eigenvalue weighted by Crippen LogP contribution is -2.58. The van der Waals surface area contributed by atoms with E-state index in [4.69, 9.17) is 0 Å². The largest absolute Gasteiger partial charge is 0.312 e. The number of rotatable bonds is 9. The first-order chi connectivity index (χ1) is 8.91. The predicted molar refractivity (Wildman–Crippen MR) is 84.7 cm³/mol. The van der Waals surface area contributed by atoms with Crippen LogP contribution >= 0.6 is 0 Å². The van der Waals surface area contributed by atoms with Crippen molar-refractivity contribution in [2.75, 3.05) is 40.8 Å². The topological polar surface area (TPSA) is 18.5 Å². The van der Waals surface area contributed by atoms with Crippen LogP contribution in [0.3, 0.4) is 0 Å². The number of hydrogen-bond donors (Lipinski definition) is 1. The maximum Gasteiger partial charge on any atom is 0.0330 e. The van der Waals surface area contributed by atoms with E-state index in [1.165, 1.54) is 32.2 Å². The normalized spacial score (nSPS) is 20.1. The van der Waals surface area contributed by atoms with Gasteiger partial charge < -0.3 is 15.1 Å². The second-order valence-corrected chi connectivity index (χ2v) is 6.97. The van der Waals surface area contributed by atoms with Crippen molar-refractivity contribution in [1.29, 1.82) is 0 Å². The van der Waals surface area contributed by atoms with Crippen LogP contribution in [-0.4, -0.2) is 62.2 Å². The molecular formula is C16H35N3. The molecule has 0 amide bonds. The third kappa shape index (κ3) is 4.73. The molecule has 1 aliphatic rings. The van der Waals surface area contributed by atoms with Gasteiger partial charge in [-0.15, -0.1) is 0 Å². The molecule has 1 rings (SSSR count). The summed E-state index contributed by atoms with van der Waals surface area (Å²) in [5.41, 5.74) is 0.445. The molecule has 1 aliphatic carbocycles. The lowest BCUT2D eigenvalue weighted by atomic mass is 9.75. The van der Waals surface area contributed by atoms with Gasteiger partial charge in [0.1, 0.15) is 0 Å². The highest BCUT2D eigenvalue weighted by Gasteiger charge is 2.39. The van der Waals surface area contributed by atoms with Gasteiger partial charge in [0.05, 0.1) is 0 Å². The Morgan fingerprint density at radius 3 is 2.16 bits per heavy atom. The van der Waals surface area contributed by atoms with Crippen LogP contribution < -0.4 is 5.32 Å². The van der Waals surface area contributed by atoms with Gasteiger partial charge in [0.15, 0.2) is 0 Å². The standard InChI is InChI=1S/C16H35N3/c1-7-11-17-15(14(2)3)12-19(6)13-16(18(4)5)9-8-10-16/h14-15,17H,7-13H2,1-6H3. The van der Waals surface area contributed by atoms with Crippen LogP contribution in [0.1, 0.15) is 46.5 Å². The third-order valence-electron chi connectivity index (χ3n) is 4.77. The second kappa shape index (κ2) is 7.61. The third-order valence-corrected chi connectivity index (χ3v) is 4.77. The zero-order valence-electron chi connectivity index (χ0n) is 14.0. The maximum absolute atomic E-state index is 3.70. The van der Waals surface area contributed by atoms with Crippen molar-refractivity contribution < 1.29 is 0 Å². The molecule has 0 heterocycles. The Labute approximate surface area is 120 Å². The summed E-state index contributed by atoms with van der Waals surface area (Å²) in [4.78, 5) is 4.98. The summed E-state index contributed by atoms with van der Waals surface area (Å²) >= 11 is 0. The van der Waals surface area contributed by atoms with E-state index in [9.17, 15) is 0 Å². The SMILES string of the molecule is CCCNC(CN(C)CC1(N(C)C)CCC1)C(C)C. The Bertz CT molecular complexity index is 246. The van der Waals surface area contributed by atoms with Crippen LogP contribution in [0.25, 0.3) is 0 Å². The summed E-state index contributed by atoms with van der Waals surface area (Å²) in [6.45, 7) is 10.4. The fourth-order valence-corrected chi connectivity index (χ4v) is 3.08. The first kappa shape index (κ1) is 16.9. The summed E-state index contributed by atoms with van der Waals surface area (Å²) in [6.07, 6.45) is 5.33. The molecule has 0 bridgehead atoms. The molecule has 0 aliphatic heterocycles. The van der Waals surface area contributed by atoms with E-state index < -0.39 is 0 Å². The molecule has 0 radical (unpaired) electrons. The fourth-order valence-electron chi connectivity index (χ4n) is 3.08. The van der Waals surface area contributed by atoms with Gasteiger partial charge in [-0.3, -0.25) is 0 Å². The van der Waals surface area contributed by atoms with Crippen LogP contribution in [-0.2, 0) is 0 Å². The van der Waals surface area contributed by atoms with Crippen molar-refractivity contribution in [2.24, 2.45) is 5.92 Å². The predicted octanol–water partition coefficient (Wildman–Crippen LogP) is 2.43. The molecule has 114 valence electrons. The van der Waals surface area contributed by atoms with Gasteiger partial charge in [-0.25, -0.2) is 0 Å². The molecule has 1 N–H and O–H groups in total. The zero-order chi connectivity index (χ0) is 14.5. The van der Waals surface area contributed by atoms with Crippen LogP contribution in [0, 0.1) is 5.92 Å². The molecule has 0 spiro atoms. The van der Waals surface area contributed by atoms with E-state index in [2.05, 4.69) is 57.0 Å². The van der Waals surface area contributed by atoms with Crippen molar-refractivity contribution >= 4 is 0 Å². The maximum atomic E-state index is 3.70. The minimum atomic E-state index is 0.445. The van der Waals surface area contributed by atoms with E-state index in [1.54, 1.807) is 0 Å². The van der Waals surface area contributed by atoms with E-state index in [-0.39, 0.29) is 0 Å². The lowest BCUT2D eigenvalue weighted by Gasteiger charge is -2.49. The summed E-state index contributed by atoms with van der Waals surface area (Å²) < 4.78 is 0. The first-order valence-corrected chi connectivity index (χ1v) is 8.00. The van der Waals surface area contributed by atoms with Crippen LogP contribution in [0.5, 0.6) is 0 Å². The average molecular weight is 269 g/mol. The monoisotopic (exact) mass is 269 g/mol. The first-order valence-electron chi connectivity index (χ1n) is 8.00. The van der Waals surface area contributed by atoms with E-state index in [0.29, 0.717) is 17.5 Å². The van der Waals surface area contributed by atoms with E-state index in [0.717, 1.165) is 13.1 Å². The Hall–Kier alpha value is -0.120. The number of nitrogens with zero attached hydrogens (tertiary/aromatic N) is 2. The van der Waals surface area contributed by atoms with Crippen molar-refractivity contribution in [3.8, 4) is 0 Å². The van der Waals surface area contributed by atoms with Gasteiger partial charge in [-0.05, 0) is 59.3 Å². The Kier molecular flexibility index (Phi) is 6.78. The minimum Gasteiger partial charge on any atom is -0.312 e. The molecule has 3 heteroatoms. The summed E-state index contributed by atoms with van der Waals surface area (Å²) in [6, 6.07) is 0.615. The minimum absolute atomic E-state index is 0.445. The summed E-state index contributed by atoms with van der Waals surface area (Å²) in [5.74, 6) is 0.700. The van der Waals surface area contributed by atoms with Crippen LogP contribution in [0.2, 0.25) is 0 Å². The highest BCUT2D eigenvalue weighted by atomic mass is 15.2. The molecule has 0 aromatic heterocycles. The fraction of sp³-hybridized carbons (Fsp3) is 1.00. The van der Waals surface area contributed by atoms with Crippen molar-refractivity contribution in [3.63, 3.8) is 0 Å². The van der Waals surface area contributed by atoms with Crippen LogP contribution in [0.4, 0.5) is 0 Å². The van der Waals surface area contributed by atoms with Crippen LogP contribution in [0.15, 0.2) is 0 Å². The van der Waals surface area contributed by atoms with Crippen molar-refractivity contribution in [2.45, 2.75) is 58.0 Å². The highest BCUT2D eigenvalue weighted by Crippen LogP contribution is 2.36. The summed E-state index contributed by atoms with van der Waals surface area (Å²) in [7, 11) is 6.76. The van der Waals surface area contributed by atoms with Gasteiger partial charge in [0, 0.05) is 24.7 Å². The number of hydrogen-bond acceptors (Lipinski definition) is 3. The van der Waals surface area contributed by atoms with Crippen molar-refractivity contribution in [1.82, 2.24) is 15.1 Å². The molecule has 19 heavy (non-hydrogen) atoms. The Morgan fingerprint density at radius 2 is 1.79 bits per heavy atom. The quantitative estimate of drug-likeness (QED) is 0.693. The van der Waals surface area contributed by atoms with Gasteiger partial charge >= 0.3 is 0 Å². The summed E-state index contributed by atoms with van der Waals surface area (Å²) in [5, 5.41) is 3.70. The molecule has 3 nitrogen and oxygen atoms in total.